The number of amides is 2. The Bertz CT molecular complexity index is 542. The first kappa shape index (κ1) is 21.2. The predicted molar refractivity (Wildman–Crippen MR) is 96.0 cm³/mol. The monoisotopic (exact) mass is 353 g/mol. The van der Waals surface area contributed by atoms with E-state index in [4.69, 9.17) is 9.47 Å². The molecule has 0 spiro atoms. The van der Waals surface area contributed by atoms with Crippen molar-refractivity contribution in [3.05, 3.63) is 24.0 Å². The quantitative estimate of drug-likeness (QED) is 0.598. The lowest BCUT2D eigenvalue weighted by Crippen LogP contribution is -2.46. The lowest BCUT2D eigenvalue weighted by atomic mass is 10.2. The van der Waals surface area contributed by atoms with Crippen LogP contribution in [-0.4, -0.2) is 73.2 Å². The number of carbonyl (C=O) groups is 2. The molecule has 0 fully saturated rings. The molecule has 142 valence electrons. The van der Waals surface area contributed by atoms with Gasteiger partial charge >= 0.3 is 0 Å². The molecule has 7 nitrogen and oxygen atoms in total. The standard InChI is InChI=1S/C18H31N3O4/c1-15(2)11-21(18(23)14-25-5)13-17(22)20(9-10-24-4)12-16-7-6-8-19(16)3/h6-8,15H,9-14H2,1-5H3. The number of nitrogens with zero attached hydrogens (tertiary/aromatic N) is 3. The molecule has 0 N–H and O–H groups in total. The predicted octanol–water partition coefficient (Wildman–Crippen LogP) is 1.13. The van der Waals surface area contributed by atoms with Crippen molar-refractivity contribution in [3.8, 4) is 0 Å². The number of aryl methyl sites for hydroxylation is 1. The molecule has 7 heteroatoms. The van der Waals surface area contributed by atoms with Crippen molar-refractivity contribution in [3.63, 3.8) is 0 Å². The summed E-state index contributed by atoms with van der Waals surface area (Å²) in [5.41, 5.74) is 1.03. The van der Waals surface area contributed by atoms with Crippen molar-refractivity contribution in [1.29, 1.82) is 0 Å². The summed E-state index contributed by atoms with van der Waals surface area (Å²) < 4.78 is 12.0. The maximum absolute atomic E-state index is 12.8. The minimum atomic E-state index is -0.171. The zero-order chi connectivity index (χ0) is 18.8. The van der Waals surface area contributed by atoms with Crippen LogP contribution in [-0.2, 0) is 32.7 Å². The Morgan fingerprint density at radius 3 is 2.40 bits per heavy atom. The molecule has 1 rings (SSSR count). The van der Waals surface area contributed by atoms with Crippen LogP contribution in [0.3, 0.4) is 0 Å². The van der Waals surface area contributed by atoms with E-state index in [9.17, 15) is 9.59 Å². The maximum atomic E-state index is 12.8. The highest BCUT2D eigenvalue weighted by Crippen LogP contribution is 2.08. The van der Waals surface area contributed by atoms with E-state index < -0.39 is 0 Å². The molecule has 0 aromatic carbocycles. The van der Waals surface area contributed by atoms with Crippen LogP contribution in [0.5, 0.6) is 0 Å². The van der Waals surface area contributed by atoms with Crippen LogP contribution in [0.4, 0.5) is 0 Å². The lowest BCUT2D eigenvalue weighted by molar-refractivity contribution is -0.143. The van der Waals surface area contributed by atoms with Gasteiger partial charge in [-0.25, -0.2) is 0 Å². The molecule has 0 atom stereocenters. The van der Waals surface area contributed by atoms with Crippen LogP contribution >= 0.6 is 0 Å². The van der Waals surface area contributed by atoms with Crippen molar-refractivity contribution in [2.24, 2.45) is 13.0 Å². The Kier molecular flexibility index (Phi) is 9.23. The number of hydrogen-bond acceptors (Lipinski definition) is 4. The van der Waals surface area contributed by atoms with E-state index in [2.05, 4.69) is 0 Å². The molecule has 1 aromatic heterocycles. The van der Waals surface area contributed by atoms with Crippen LogP contribution in [0.1, 0.15) is 19.5 Å². The molecule has 2 amide bonds. The summed E-state index contributed by atoms with van der Waals surface area (Å²) in [5, 5.41) is 0. The smallest absolute Gasteiger partial charge is 0.249 e. The van der Waals surface area contributed by atoms with E-state index in [0.29, 0.717) is 26.2 Å². The van der Waals surface area contributed by atoms with Gasteiger partial charge in [0.15, 0.2) is 0 Å². The van der Waals surface area contributed by atoms with Crippen molar-refractivity contribution in [2.75, 3.05) is 47.1 Å². The van der Waals surface area contributed by atoms with Crippen LogP contribution in [0.2, 0.25) is 0 Å². The maximum Gasteiger partial charge on any atom is 0.249 e. The normalized spacial score (nSPS) is 11.0. The first-order valence-electron chi connectivity index (χ1n) is 8.52. The molecule has 1 heterocycles. The Balaban J connectivity index is 2.82. The van der Waals surface area contributed by atoms with E-state index in [0.717, 1.165) is 5.69 Å². The fraction of sp³-hybridized carbons (Fsp3) is 0.667. The molecule has 25 heavy (non-hydrogen) atoms. The molecule has 0 saturated carbocycles. The zero-order valence-electron chi connectivity index (χ0n) is 16.0. The Morgan fingerprint density at radius 1 is 1.16 bits per heavy atom. The third kappa shape index (κ3) is 7.27. The Hall–Kier alpha value is -1.86. The van der Waals surface area contributed by atoms with Crippen molar-refractivity contribution >= 4 is 11.8 Å². The number of ether oxygens (including phenoxy) is 2. The first-order valence-corrected chi connectivity index (χ1v) is 8.52. The second-order valence-corrected chi connectivity index (χ2v) is 6.52. The Labute approximate surface area is 150 Å². The van der Waals surface area contributed by atoms with Gasteiger partial charge in [-0.2, -0.15) is 0 Å². The lowest BCUT2D eigenvalue weighted by Gasteiger charge is -2.28. The van der Waals surface area contributed by atoms with E-state index in [1.807, 2.05) is 43.8 Å². The number of hydrogen-bond donors (Lipinski definition) is 0. The molecule has 0 aliphatic carbocycles. The minimum Gasteiger partial charge on any atom is -0.383 e. The molecule has 0 unspecified atom stereocenters. The minimum absolute atomic E-state index is 0.0180. The summed E-state index contributed by atoms with van der Waals surface area (Å²) >= 11 is 0. The van der Waals surface area contributed by atoms with E-state index in [-0.39, 0.29) is 30.9 Å². The SMILES string of the molecule is COCCN(Cc1cccn1C)C(=O)CN(CC(C)C)C(=O)COC. The van der Waals surface area contributed by atoms with Gasteiger partial charge < -0.3 is 23.8 Å². The number of methoxy groups -OCH3 is 2. The van der Waals surface area contributed by atoms with Crippen LogP contribution < -0.4 is 0 Å². The second-order valence-electron chi connectivity index (χ2n) is 6.52. The van der Waals surface area contributed by atoms with Gasteiger partial charge in [0.1, 0.15) is 6.61 Å². The topological polar surface area (TPSA) is 64.0 Å². The fourth-order valence-corrected chi connectivity index (χ4v) is 2.52. The summed E-state index contributed by atoms with van der Waals surface area (Å²) in [7, 11) is 5.04. The van der Waals surface area contributed by atoms with Crippen molar-refractivity contribution in [1.82, 2.24) is 14.4 Å². The summed E-state index contributed by atoms with van der Waals surface area (Å²) in [5.74, 6) is 0.00682. The van der Waals surface area contributed by atoms with Gasteiger partial charge in [-0.3, -0.25) is 9.59 Å². The van der Waals surface area contributed by atoms with Crippen molar-refractivity contribution < 1.29 is 19.1 Å². The van der Waals surface area contributed by atoms with Crippen LogP contribution in [0, 0.1) is 5.92 Å². The molecular weight excluding hydrogens is 322 g/mol. The van der Waals surface area contributed by atoms with E-state index in [1.54, 1.807) is 16.9 Å². The molecule has 1 aromatic rings. The highest BCUT2D eigenvalue weighted by molar-refractivity contribution is 5.85. The van der Waals surface area contributed by atoms with Gasteiger partial charge in [0.25, 0.3) is 0 Å². The molecule has 0 aliphatic rings. The Morgan fingerprint density at radius 2 is 1.88 bits per heavy atom. The number of rotatable bonds is 11. The van der Waals surface area contributed by atoms with Gasteiger partial charge in [0.2, 0.25) is 11.8 Å². The van der Waals surface area contributed by atoms with Crippen molar-refractivity contribution in [2.45, 2.75) is 20.4 Å². The average Bonchev–Trinajstić information content (AvgIpc) is 2.95. The van der Waals surface area contributed by atoms with Crippen LogP contribution in [0.25, 0.3) is 0 Å². The number of carbonyl (C=O) groups excluding carboxylic acids is 2. The summed E-state index contributed by atoms with van der Waals surface area (Å²) in [6, 6.07) is 3.93. The largest absolute Gasteiger partial charge is 0.383 e. The van der Waals surface area contributed by atoms with E-state index in [1.165, 1.54) is 7.11 Å². The second kappa shape index (κ2) is 10.9. The molecular formula is C18H31N3O4. The summed E-state index contributed by atoms with van der Waals surface area (Å²) in [4.78, 5) is 28.3. The van der Waals surface area contributed by atoms with Crippen LogP contribution in [0.15, 0.2) is 18.3 Å². The third-order valence-electron chi connectivity index (χ3n) is 3.85. The average molecular weight is 353 g/mol. The van der Waals surface area contributed by atoms with Gasteiger partial charge in [0, 0.05) is 46.2 Å². The fourth-order valence-electron chi connectivity index (χ4n) is 2.52. The van der Waals surface area contributed by atoms with Gasteiger partial charge in [-0.15, -0.1) is 0 Å². The summed E-state index contributed by atoms with van der Waals surface area (Å²) in [6.07, 6.45) is 1.95. The first-order chi connectivity index (χ1) is 11.9. The highest BCUT2D eigenvalue weighted by atomic mass is 16.5. The molecule has 0 aliphatic heterocycles. The van der Waals surface area contributed by atoms with Gasteiger partial charge in [-0.1, -0.05) is 13.8 Å². The van der Waals surface area contributed by atoms with E-state index >= 15 is 0 Å². The molecule has 0 radical (unpaired) electrons. The molecule has 0 bridgehead atoms. The zero-order valence-corrected chi connectivity index (χ0v) is 16.0. The molecule has 0 saturated heterocycles. The van der Waals surface area contributed by atoms with Gasteiger partial charge in [-0.05, 0) is 18.1 Å². The number of aromatic nitrogens is 1. The highest BCUT2D eigenvalue weighted by Gasteiger charge is 2.22. The third-order valence-corrected chi connectivity index (χ3v) is 3.85. The van der Waals surface area contributed by atoms with Gasteiger partial charge in [0.05, 0.1) is 19.7 Å². The summed E-state index contributed by atoms with van der Waals surface area (Å²) in [6.45, 7) is 6.01.